The summed E-state index contributed by atoms with van der Waals surface area (Å²) in [5.41, 5.74) is -1.04. The van der Waals surface area contributed by atoms with Crippen molar-refractivity contribution in [3.63, 3.8) is 0 Å². The summed E-state index contributed by atoms with van der Waals surface area (Å²) >= 11 is 0. The Labute approximate surface area is 136 Å². The molecule has 2 amide bonds. The highest BCUT2D eigenvalue weighted by atomic mass is 19.4. The van der Waals surface area contributed by atoms with E-state index in [0.717, 1.165) is 11.1 Å². The Balaban J connectivity index is 1.60. The van der Waals surface area contributed by atoms with Gasteiger partial charge < -0.3 is 15.3 Å². The Hall–Kier alpha value is -1.83. The van der Waals surface area contributed by atoms with Crippen LogP contribution in [0.25, 0.3) is 0 Å². The van der Waals surface area contributed by atoms with Gasteiger partial charge in [-0.3, -0.25) is 0 Å². The van der Waals surface area contributed by atoms with Crippen molar-refractivity contribution in [2.45, 2.75) is 43.5 Å². The molecule has 1 atom stereocenters. The van der Waals surface area contributed by atoms with E-state index in [-0.39, 0.29) is 24.9 Å². The number of aliphatic hydroxyl groups is 1. The van der Waals surface area contributed by atoms with Gasteiger partial charge in [-0.25, -0.2) is 9.18 Å². The van der Waals surface area contributed by atoms with Gasteiger partial charge in [-0.15, -0.1) is 0 Å². The number of hydrogen-bond donors (Lipinski definition) is 2. The first kappa shape index (κ1) is 17.0. The number of alkyl halides is 3. The highest BCUT2D eigenvalue weighted by molar-refractivity contribution is 5.75. The summed E-state index contributed by atoms with van der Waals surface area (Å²) in [5.74, 6) is -0.330. The maximum atomic E-state index is 13.2. The number of aryl methyl sites for hydroxylation is 1. The Morgan fingerprint density at radius 3 is 2.58 bits per heavy atom. The molecular formula is C16H18F4N2O2. The van der Waals surface area contributed by atoms with Crippen molar-refractivity contribution >= 4 is 6.03 Å². The summed E-state index contributed by atoms with van der Waals surface area (Å²) in [6.45, 7) is -0.324. The number of nitrogens with one attached hydrogen (secondary N) is 1. The topological polar surface area (TPSA) is 52.6 Å². The number of nitrogens with zero attached hydrogens (tertiary/aromatic N) is 1. The first-order chi connectivity index (χ1) is 11.2. The lowest BCUT2D eigenvalue weighted by Crippen LogP contribution is -2.56. The molecule has 1 aromatic carbocycles. The standard InChI is InChI=1S/C16H18F4N2O2/c17-11-2-3-12-10(9-11)1-4-13(12)21-14(23)22-7-5-15(24,6-8-22)16(18,19)20/h2-3,9,13,24H,1,4-8H2,(H,21,23). The first-order valence-corrected chi connectivity index (χ1v) is 7.82. The van der Waals surface area contributed by atoms with Gasteiger partial charge in [0.25, 0.3) is 0 Å². The van der Waals surface area contributed by atoms with Crippen LogP contribution in [0.2, 0.25) is 0 Å². The quantitative estimate of drug-likeness (QED) is 0.769. The van der Waals surface area contributed by atoms with Crippen LogP contribution in [0, 0.1) is 5.82 Å². The lowest BCUT2D eigenvalue weighted by molar-refractivity contribution is -0.271. The molecule has 1 heterocycles. The molecule has 2 N–H and O–H groups in total. The summed E-state index contributed by atoms with van der Waals surface area (Å²) in [4.78, 5) is 13.5. The number of benzene rings is 1. The Morgan fingerprint density at radius 1 is 1.29 bits per heavy atom. The molecular weight excluding hydrogens is 328 g/mol. The van der Waals surface area contributed by atoms with Crippen LogP contribution in [0.1, 0.15) is 36.4 Å². The average Bonchev–Trinajstić information content (AvgIpc) is 2.89. The molecule has 3 rings (SSSR count). The van der Waals surface area contributed by atoms with E-state index >= 15 is 0 Å². The number of carbonyl (C=O) groups excluding carboxylic acids is 1. The molecule has 0 radical (unpaired) electrons. The third kappa shape index (κ3) is 3.07. The first-order valence-electron chi connectivity index (χ1n) is 7.82. The number of fused-ring (bicyclic) bond motifs is 1. The van der Waals surface area contributed by atoms with Crippen molar-refractivity contribution in [3.05, 3.63) is 35.1 Å². The Kier molecular flexibility index (Phi) is 4.19. The summed E-state index contributed by atoms with van der Waals surface area (Å²) in [7, 11) is 0. The SMILES string of the molecule is O=C(NC1CCc2cc(F)ccc21)N1CCC(O)(C(F)(F)F)CC1. The second kappa shape index (κ2) is 5.91. The minimum absolute atomic E-state index is 0.162. The molecule has 1 aliphatic heterocycles. The zero-order chi connectivity index (χ0) is 17.5. The van der Waals surface area contributed by atoms with Crippen LogP contribution in [0.15, 0.2) is 18.2 Å². The van der Waals surface area contributed by atoms with E-state index in [2.05, 4.69) is 5.32 Å². The Morgan fingerprint density at radius 2 is 1.96 bits per heavy atom. The predicted molar refractivity (Wildman–Crippen MR) is 77.8 cm³/mol. The van der Waals surface area contributed by atoms with Crippen LogP contribution in [0.5, 0.6) is 0 Å². The van der Waals surface area contributed by atoms with E-state index in [1.807, 2.05) is 0 Å². The fraction of sp³-hybridized carbons (Fsp3) is 0.562. The summed E-state index contributed by atoms with van der Waals surface area (Å²) in [5, 5.41) is 12.4. The van der Waals surface area contributed by atoms with Crippen molar-refractivity contribution in [3.8, 4) is 0 Å². The number of amides is 2. The van der Waals surface area contributed by atoms with Crippen molar-refractivity contribution in [1.82, 2.24) is 10.2 Å². The van der Waals surface area contributed by atoms with Crippen molar-refractivity contribution in [2.75, 3.05) is 13.1 Å². The fourth-order valence-electron chi connectivity index (χ4n) is 3.34. The van der Waals surface area contributed by atoms with E-state index in [1.165, 1.54) is 17.0 Å². The third-order valence-corrected chi connectivity index (χ3v) is 4.89. The maximum Gasteiger partial charge on any atom is 0.417 e. The van der Waals surface area contributed by atoms with Crippen LogP contribution in [0.3, 0.4) is 0 Å². The zero-order valence-electron chi connectivity index (χ0n) is 12.9. The molecule has 1 aromatic rings. The van der Waals surface area contributed by atoms with Gasteiger partial charge in [-0.05, 0) is 36.1 Å². The number of hydrogen-bond acceptors (Lipinski definition) is 2. The molecule has 8 heteroatoms. The number of likely N-dealkylation sites (tertiary alicyclic amines) is 1. The van der Waals surface area contributed by atoms with E-state index in [4.69, 9.17) is 0 Å². The average molecular weight is 346 g/mol. The molecule has 24 heavy (non-hydrogen) atoms. The van der Waals surface area contributed by atoms with Gasteiger partial charge >= 0.3 is 12.2 Å². The lowest BCUT2D eigenvalue weighted by atomic mass is 9.91. The molecule has 0 aromatic heterocycles. The molecule has 0 spiro atoms. The number of carbonyl (C=O) groups is 1. The second-order valence-corrected chi connectivity index (χ2v) is 6.40. The van der Waals surface area contributed by atoms with E-state index in [9.17, 15) is 27.5 Å². The van der Waals surface area contributed by atoms with Gasteiger partial charge in [0.05, 0.1) is 6.04 Å². The zero-order valence-corrected chi connectivity index (χ0v) is 12.9. The minimum Gasteiger partial charge on any atom is -0.380 e. The van der Waals surface area contributed by atoms with Crippen LogP contribution in [-0.4, -0.2) is 40.9 Å². The molecule has 0 saturated carbocycles. The van der Waals surface area contributed by atoms with Gasteiger partial charge in [-0.1, -0.05) is 6.07 Å². The lowest BCUT2D eigenvalue weighted by Gasteiger charge is -2.39. The third-order valence-electron chi connectivity index (χ3n) is 4.89. The summed E-state index contributed by atoms with van der Waals surface area (Å²) in [6.07, 6.45) is -4.48. The molecule has 1 saturated heterocycles. The molecule has 132 valence electrons. The van der Waals surface area contributed by atoms with Crippen LogP contribution < -0.4 is 5.32 Å². The number of rotatable bonds is 1. The van der Waals surface area contributed by atoms with Crippen LogP contribution in [-0.2, 0) is 6.42 Å². The molecule has 1 aliphatic carbocycles. The van der Waals surface area contributed by atoms with Crippen LogP contribution in [0.4, 0.5) is 22.4 Å². The summed E-state index contributed by atoms with van der Waals surface area (Å²) in [6, 6.07) is 3.67. The smallest absolute Gasteiger partial charge is 0.380 e. The van der Waals surface area contributed by atoms with Gasteiger partial charge in [0.1, 0.15) is 5.82 Å². The molecule has 1 fully saturated rings. The molecule has 2 aliphatic rings. The second-order valence-electron chi connectivity index (χ2n) is 6.40. The van der Waals surface area contributed by atoms with Crippen LogP contribution >= 0.6 is 0 Å². The summed E-state index contributed by atoms with van der Waals surface area (Å²) < 4.78 is 51.5. The van der Waals surface area contributed by atoms with Gasteiger partial charge in [0.15, 0.2) is 5.60 Å². The molecule has 4 nitrogen and oxygen atoms in total. The van der Waals surface area contributed by atoms with E-state index < -0.39 is 30.7 Å². The van der Waals surface area contributed by atoms with E-state index in [0.29, 0.717) is 12.8 Å². The van der Waals surface area contributed by atoms with Gasteiger partial charge in [0, 0.05) is 25.9 Å². The fourth-order valence-corrected chi connectivity index (χ4v) is 3.34. The maximum absolute atomic E-state index is 13.2. The highest BCUT2D eigenvalue weighted by Gasteiger charge is 2.55. The minimum atomic E-state index is -4.69. The molecule has 1 unspecified atom stereocenters. The number of piperidine rings is 1. The highest BCUT2D eigenvalue weighted by Crippen LogP contribution is 2.38. The predicted octanol–water partition coefficient (Wildman–Crippen LogP) is 2.91. The number of urea groups is 1. The van der Waals surface area contributed by atoms with Crippen molar-refractivity contribution in [1.29, 1.82) is 0 Å². The van der Waals surface area contributed by atoms with E-state index in [1.54, 1.807) is 6.07 Å². The van der Waals surface area contributed by atoms with Crippen molar-refractivity contribution in [2.24, 2.45) is 0 Å². The largest absolute Gasteiger partial charge is 0.417 e. The monoisotopic (exact) mass is 346 g/mol. The van der Waals surface area contributed by atoms with Gasteiger partial charge in [0.2, 0.25) is 0 Å². The Bertz CT molecular complexity index is 639. The normalized spacial score (nSPS) is 23.0. The number of halogens is 4. The van der Waals surface area contributed by atoms with Gasteiger partial charge in [-0.2, -0.15) is 13.2 Å². The molecule has 0 bridgehead atoms. The van der Waals surface area contributed by atoms with Crippen molar-refractivity contribution < 1.29 is 27.5 Å².